The normalized spacial score (nSPS) is 20.2. The maximum absolute atomic E-state index is 12.6. The van der Waals surface area contributed by atoms with Gasteiger partial charge in [-0.05, 0) is 64.5 Å². The van der Waals surface area contributed by atoms with Crippen LogP contribution in [0, 0.1) is 5.92 Å². The first-order chi connectivity index (χ1) is 14.8. The maximum Gasteiger partial charge on any atom is 0.573 e. The van der Waals surface area contributed by atoms with E-state index >= 15 is 0 Å². The second kappa shape index (κ2) is 9.26. The molecule has 32 heavy (non-hydrogen) atoms. The van der Waals surface area contributed by atoms with Gasteiger partial charge in [-0.3, -0.25) is 0 Å². The van der Waals surface area contributed by atoms with Crippen LogP contribution < -0.4 is 14.8 Å². The van der Waals surface area contributed by atoms with E-state index < -0.39 is 26.9 Å². The minimum absolute atomic E-state index is 0.0161. The highest BCUT2D eigenvalue weighted by Gasteiger charge is 2.33. The Kier molecular flexibility index (Phi) is 7.03. The van der Waals surface area contributed by atoms with Gasteiger partial charge in [0.2, 0.25) is 15.8 Å². The minimum atomic E-state index is -4.83. The molecule has 8 nitrogen and oxygen atoms in total. The number of nitrogens with one attached hydrogen (secondary N) is 2. The largest absolute Gasteiger partial charge is 0.573 e. The van der Waals surface area contributed by atoms with Crippen LogP contribution >= 0.6 is 0 Å². The molecule has 0 atom stereocenters. The van der Waals surface area contributed by atoms with Crippen LogP contribution in [0.4, 0.5) is 19.2 Å². The number of hydrogen-bond donors (Lipinski definition) is 2. The summed E-state index contributed by atoms with van der Waals surface area (Å²) in [4.78, 5) is 4.15. The van der Waals surface area contributed by atoms with Crippen LogP contribution in [0.5, 0.6) is 5.75 Å². The first kappa shape index (κ1) is 24.3. The van der Waals surface area contributed by atoms with E-state index in [2.05, 4.69) is 24.9 Å². The predicted molar refractivity (Wildman–Crippen MR) is 112 cm³/mol. The molecule has 1 saturated carbocycles. The molecule has 178 valence electrons. The molecule has 0 spiro atoms. The van der Waals surface area contributed by atoms with Crippen molar-refractivity contribution in [1.29, 1.82) is 0 Å². The topological polar surface area (TPSA) is 106 Å². The number of ether oxygens (including phenoxy) is 1. The summed E-state index contributed by atoms with van der Waals surface area (Å²) in [6.07, 6.45) is -1.66. The average molecular weight is 477 g/mol. The number of halogens is 3. The molecule has 0 bridgehead atoms. The molecule has 0 aliphatic heterocycles. The lowest BCUT2D eigenvalue weighted by atomic mass is 9.86. The van der Waals surface area contributed by atoms with Crippen molar-refractivity contribution in [3.05, 3.63) is 24.3 Å². The zero-order valence-corrected chi connectivity index (χ0v) is 18.9. The molecule has 2 N–H and O–H groups in total. The van der Waals surface area contributed by atoms with Crippen molar-refractivity contribution < 1.29 is 30.8 Å². The molecule has 1 fully saturated rings. The summed E-state index contributed by atoms with van der Waals surface area (Å²) in [6, 6.07) is 5.72. The summed E-state index contributed by atoms with van der Waals surface area (Å²) in [6.45, 7) is 5.36. The third-order valence-corrected chi connectivity index (χ3v) is 7.48. The van der Waals surface area contributed by atoms with Gasteiger partial charge in [0.15, 0.2) is 0 Å². The zero-order chi connectivity index (χ0) is 23.6. The van der Waals surface area contributed by atoms with Crippen molar-refractivity contribution in [1.82, 2.24) is 14.9 Å². The summed E-state index contributed by atoms with van der Waals surface area (Å²) in [5, 5.41) is 6.88. The number of benzene rings is 1. The highest BCUT2D eigenvalue weighted by molar-refractivity contribution is 7.90. The summed E-state index contributed by atoms with van der Waals surface area (Å²) in [5.41, 5.74) is 0.0662. The number of sulfonamides is 1. The van der Waals surface area contributed by atoms with Crippen LogP contribution in [0.25, 0.3) is 11.4 Å². The molecule has 0 saturated heterocycles. The Morgan fingerprint density at radius 1 is 1.12 bits per heavy atom. The molecule has 2 aromatic rings. The Hall–Kier alpha value is -2.34. The predicted octanol–water partition coefficient (Wildman–Crippen LogP) is 4.32. The van der Waals surface area contributed by atoms with Gasteiger partial charge in [-0.1, -0.05) is 17.3 Å². The van der Waals surface area contributed by atoms with E-state index in [1.165, 1.54) is 18.2 Å². The number of anilines is 1. The lowest BCUT2D eigenvalue weighted by Gasteiger charge is -2.29. The molecule has 1 aliphatic carbocycles. The molecule has 1 heterocycles. The van der Waals surface area contributed by atoms with Crippen LogP contribution in [0.15, 0.2) is 28.8 Å². The Labute approximate surface area is 185 Å². The molecule has 0 amide bonds. The number of hydrogen-bond acceptors (Lipinski definition) is 7. The Morgan fingerprint density at radius 3 is 2.41 bits per heavy atom. The molecule has 0 unspecified atom stereocenters. The van der Waals surface area contributed by atoms with Crippen LogP contribution in [0.1, 0.15) is 46.5 Å². The summed E-state index contributed by atoms with van der Waals surface area (Å²) in [5.74, 6) is -0.196. The van der Waals surface area contributed by atoms with Gasteiger partial charge in [-0.15, -0.1) is 13.2 Å². The number of nitrogens with zero attached hydrogens (tertiary/aromatic N) is 2. The number of aromatic nitrogens is 2. The van der Waals surface area contributed by atoms with Crippen molar-refractivity contribution in [2.24, 2.45) is 5.92 Å². The van der Waals surface area contributed by atoms with Gasteiger partial charge in [0.25, 0.3) is 0 Å². The SMILES string of the molecule is CC(C)(C)S(=O)(=O)NCC1CCC(Nc2nc(-c3ccccc3OC(F)(F)F)no2)CC1. The van der Waals surface area contributed by atoms with E-state index in [1.807, 2.05) is 0 Å². The van der Waals surface area contributed by atoms with Crippen LogP contribution in [-0.4, -0.2) is 42.3 Å². The van der Waals surface area contributed by atoms with Gasteiger partial charge in [0, 0.05) is 12.6 Å². The second-order valence-corrected chi connectivity index (χ2v) is 11.3. The van der Waals surface area contributed by atoms with Crippen molar-refractivity contribution in [2.45, 2.75) is 63.6 Å². The summed E-state index contributed by atoms with van der Waals surface area (Å²) < 4.78 is 73.3. The van der Waals surface area contributed by atoms with Crippen molar-refractivity contribution in [3.8, 4) is 17.1 Å². The lowest BCUT2D eigenvalue weighted by molar-refractivity contribution is -0.274. The Bertz CT molecular complexity index is 1010. The summed E-state index contributed by atoms with van der Waals surface area (Å²) in [7, 11) is -3.38. The number of rotatable bonds is 7. The molecule has 1 aliphatic rings. The van der Waals surface area contributed by atoms with Crippen LogP contribution in [0.2, 0.25) is 0 Å². The van der Waals surface area contributed by atoms with Crippen LogP contribution in [-0.2, 0) is 10.0 Å². The smallest absolute Gasteiger partial charge is 0.405 e. The van der Waals surface area contributed by atoms with E-state index in [1.54, 1.807) is 26.8 Å². The summed E-state index contributed by atoms with van der Waals surface area (Å²) >= 11 is 0. The zero-order valence-electron chi connectivity index (χ0n) is 18.1. The average Bonchev–Trinajstić information content (AvgIpc) is 3.14. The standard InChI is InChI=1S/C20H27F3N4O4S/c1-19(2,3)32(28,29)24-12-13-8-10-14(11-9-13)25-18-26-17(27-31-18)15-6-4-5-7-16(15)30-20(21,22)23/h4-7,13-14,24H,8-12H2,1-3H3,(H,25,26,27). The number of para-hydroxylation sites is 1. The fraction of sp³-hybridized carbons (Fsp3) is 0.600. The van der Waals surface area contributed by atoms with Gasteiger partial charge < -0.3 is 14.6 Å². The van der Waals surface area contributed by atoms with Gasteiger partial charge in [0.05, 0.1) is 10.3 Å². The third-order valence-electron chi connectivity index (χ3n) is 5.32. The van der Waals surface area contributed by atoms with Crippen LogP contribution in [0.3, 0.4) is 0 Å². The van der Waals surface area contributed by atoms with Crippen molar-refractivity contribution in [2.75, 3.05) is 11.9 Å². The lowest BCUT2D eigenvalue weighted by Crippen LogP contribution is -2.42. The second-order valence-electron chi connectivity index (χ2n) is 8.79. The molecule has 3 rings (SSSR count). The fourth-order valence-electron chi connectivity index (χ4n) is 3.39. The molecule has 0 radical (unpaired) electrons. The maximum atomic E-state index is 12.6. The monoisotopic (exact) mass is 476 g/mol. The van der Waals surface area contributed by atoms with Crippen molar-refractivity contribution in [3.63, 3.8) is 0 Å². The van der Waals surface area contributed by atoms with Gasteiger partial charge in [-0.25, -0.2) is 13.1 Å². The third kappa shape index (κ3) is 6.35. The molecular weight excluding hydrogens is 449 g/mol. The highest BCUT2D eigenvalue weighted by atomic mass is 32.2. The van der Waals surface area contributed by atoms with E-state index in [4.69, 9.17) is 4.52 Å². The van der Waals surface area contributed by atoms with Gasteiger partial charge in [-0.2, -0.15) is 4.98 Å². The molecule has 1 aromatic carbocycles. The van der Waals surface area contributed by atoms with Crippen molar-refractivity contribution >= 4 is 16.0 Å². The minimum Gasteiger partial charge on any atom is -0.405 e. The van der Waals surface area contributed by atoms with E-state index in [-0.39, 0.29) is 29.4 Å². The van der Waals surface area contributed by atoms with E-state index in [9.17, 15) is 21.6 Å². The van der Waals surface area contributed by atoms with E-state index in [0.717, 1.165) is 25.7 Å². The van der Waals surface area contributed by atoms with E-state index in [0.29, 0.717) is 6.54 Å². The first-order valence-corrected chi connectivity index (χ1v) is 11.8. The quantitative estimate of drug-likeness (QED) is 0.613. The molecular formula is C20H27F3N4O4S. The molecule has 1 aromatic heterocycles. The van der Waals surface area contributed by atoms with Gasteiger partial charge in [0.1, 0.15) is 5.75 Å². The Balaban J connectivity index is 1.55. The Morgan fingerprint density at radius 2 is 1.78 bits per heavy atom. The highest BCUT2D eigenvalue weighted by Crippen LogP contribution is 2.33. The molecule has 12 heteroatoms. The first-order valence-electron chi connectivity index (χ1n) is 10.3. The van der Waals surface area contributed by atoms with Gasteiger partial charge >= 0.3 is 12.4 Å². The number of alkyl halides is 3. The fourth-order valence-corrected chi connectivity index (χ4v) is 4.27.